The molecule has 8 nitrogen and oxygen atoms in total. The Bertz CT molecular complexity index is 809. The third-order valence-corrected chi connectivity index (χ3v) is 5.27. The van der Waals surface area contributed by atoms with Crippen LogP contribution < -0.4 is 16.0 Å². The first-order valence-electron chi connectivity index (χ1n) is 6.64. The summed E-state index contributed by atoms with van der Waals surface area (Å²) < 4.78 is 1.25. The second-order valence-corrected chi connectivity index (χ2v) is 6.52. The Labute approximate surface area is 147 Å². The molecule has 0 saturated heterocycles. The van der Waals surface area contributed by atoms with Crippen LogP contribution in [0.3, 0.4) is 0 Å². The van der Waals surface area contributed by atoms with Crippen molar-refractivity contribution in [3.05, 3.63) is 26.0 Å². The van der Waals surface area contributed by atoms with Gasteiger partial charge in [0.05, 0.1) is 9.08 Å². The van der Waals surface area contributed by atoms with Gasteiger partial charge < -0.3 is 15.6 Å². The van der Waals surface area contributed by atoms with E-state index < -0.39 is 5.91 Å². The van der Waals surface area contributed by atoms with Gasteiger partial charge in [-0.05, 0) is 43.9 Å². The standard InChI is InChI=1S/C13H11Br2N5O3/c1-4(21)17-13-19-8(12(23)20-13)5-2-3-16-11(22)9-6(5)7(14)10(15)18-9/h18H,2-3H2,1H3,(H,16,22)(H2,17,19,20,21,23)/b8-5+. The molecule has 10 heteroatoms. The van der Waals surface area contributed by atoms with Crippen LogP contribution in [-0.4, -0.2) is 35.2 Å². The molecule has 0 atom stereocenters. The van der Waals surface area contributed by atoms with Gasteiger partial charge in [-0.3, -0.25) is 19.7 Å². The number of aliphatic imine (C=N–C) groups is 1. The number of nitrogens with one attached hydrogen (secondary N) is 4. The fraction of sp³-hybridized carbons (Fsp3) is 0.231. The van der Waals surface area contributed by atoms with E-state index in [2.05, 4.69) is 57.8 Å². The zero-order valence-electron chi connectivity index (χ0n) is 11.8. The Morgan fingerprint density at radius 1 is 1.30 bits per heavy atom. The van der Waals surface area contributed by atoms with Gasteiger partial charge in [0.1, 0.15) is 11.4 Å². The molecule has 120 valence electrons. The number of aromatic nitrogens is 1. The summed E-state index contributed by atoms with van der Waals surface area (Å²) >= 11 is 6.75. The van der Waals surface area contributed by atoms with Gasteiger partial charge in [0.25, 0.3) is 11.8 Å². The topological polar surface area (TPSA) is 115 Å². The number of guanidine groups is 1. The maximum absolute atomic E-state index is 12.2. The van der Waals surface area contributed by atoms with Crippen LogP contribution >= 0.6 is 31.9 Å². The summed E-state index contributed by atoms with van der Waals surface area (Å²) in [5, 5.41) is 8.02. The molecule has 0 spiro atoms. The number of nitrogens with zero attached hydrogens (tertiary/aromatic N) is 1. The summed E-state index contributed by atoms with van der Waals surface area (Å²) in [5.41, 5.74) is 1.84. The highest BCUT2D eigenvalue weighted by atomic mass is 79.9. The van der Waals surface area contributed by atoms with Crippen LogP contribution in [0.4, 0.5) is 0 Å². The van der Waals surface area contributed by atoms with Crippen LogP contribution in [0, 0.1) is 0 Å². The predicted octanol–water partition coefficient (Wildman–Crippen LogP) is 1.01. The van der Waals surface area contributed by atoms with Crippen molar-refractivity contribution < 1.29 is 14.4 Å². The van der Waals surface area contributed by atoms with E-state index in [-0.39, 0.29) is 23.5 Å². The van der Waals surface area contributed by atoms with Crippen molar-refractivity contribution in [1.82, 2.24) is 20.9 Å². The fourth-order valence-electron chi connectivity index (χ4n) is 2.45. The Balaban J connectivity index is 2.10. The minimum Gasteiger partial charge on any atom is -0.350 e. The normalized spacial score (nSPS) is 20.4. The summed E-state index contributed by atoms with van der Waals surface area (Å²) in [7, 11) is 0. The lowest BCUT2D eigenvalue weighted by Crippen LogP contribution is -2.36. The molecule has 0 unspecified atom stereocenters. The number of hydrogen-bond acceptors (Lipinski definition) is 4. The quantitative estimate of drug-likeness (QED) is 0.447. The van der Waals surface area contributed by atoms with Crippen LogP contribution in [0.25, 0.3) is 5.57 Å². The zero-order chi connectivity index (χ0) is 16.7. The molecule has 1 aromatic rings. The minimum absolute atomic E-state index is 0.0841. The summed E-state index contributed by atoms with van der Waals surface area (Å²) in [6.07, 6.45) is 0.443. The van der Waals surface area contributed by atoms with Gasteiger partial charge in [-0.15, -0.1) is 0 Å². The molecule has 0 radical (unpaired) electrons. The summed E-state index contributed by atoms with van der Waals surface area (Å²) in [6, 6.07) is 0. The molecular formula is C13H11Br2N5O3. The van der Waals surface area contributed by atoms with Crippen molar-refractivity contribution in [3.63, 3.8) is 0 Å². The van der Waals surface area contributed by atoms with E-state index in [0.717, 1.165) is 0 Å². The number of halogens is 2. The maximum atomic E-state index is 12.2. The van der Waals surface area contributed by atoms with E-state index >= 15 is 0 Å². The van der Waals surface area contributed by atoms with Gasteiger partial charge in [-0.25, -0.2) is 0 Å². The Morgan fingerprint density at radius 2 is 2.04 bits per heavy atom. The molecule has 0 aromatic carbocycles. The third-order valence-electron chi connectivity index (χ3n) is 3.35. The summed E-state index contributed by atoms with van der Waals surface area (Å²) in [6.45, 7) is 1.71. The Hall–Kier alpha value is -1.94. The van der Waals surface area contributed by atoms with Gasteiger partial charge in [-0.1, -0.05) is 0 Å². The van der Waals surface area contributed by atoms with Crippen LogP contribution in [-0.2, 0) is 9.59 Å². The second-order valence-electron chi connectivity index (χ2n) is 4.93. The average Bonchev–Trinajstić information content (AvgIpc) is 2.90. The number of carbonyl (C=O) groups is 3. The molecule has 23 heavy (non-hydrogen) atoms. The smallest absolute Gasteiger partial charge is 0.297 e. The SMILES string of the molecule is CC(=O)NC1=NC(=O)/C(=C2/CCNC(=O)c3[nH]c(Br)c(Br)c32)N1. The minimum atomic E-state index is -0.492. The molecule has 0 aliphatic carbocycles. The fourth-order valence-corrected chi connectivity index (χ4v) is 3.39. The van der Waals surface area contributed by atoms with Crippen LogP contribution in [0.5, 0.6) is 0 Å². The van der Waals surface area contributed by atoms with Crippen molar-refractivity contribution in [3.8, 4) is 0 Å². The Morgan fingerprint density at radius 3 is 2.74 bits per heavy atom. The highest BCUT2D eigenvalue weighted by Crippen LogP contribution is 2.38. The molecule has 3 rings (SSSR count). The number of carbonyl (C=O) groups excluding carboxylic acids is 3. The second kappa shape index (κ2) is 5.93. The molecule has 3 amide bonds. The first-order chi connectivity index (χ1) is 10.9. The number of fused-ring (bicyclic) bond motifs is 1. The molecule has 0 fully saturated rings. The largest absolute Gasteiger partial charge is 0.350 e. The van der Waals surface area contributed by atoms with E-state index in [1.54, 1.807) is 0 Å². The molecule has 2 aliphatic heterocycles. The van der Waals surface area contributed by atoms with Gasteiger partial charge in [-0.2, -0.15) is 4.99 Å². The van der Waals surface area contributed by atoms with Crippen molar-refractivity contribution in [2.45, 2.75) is 13.3 Å². The lowest BCUT2D eigenvalue weighted by molar-refractivity contribution is -0.117. The number of hydrogen-bond donors (Lipinski definition) is 4. The monoisotopic (exact) mass is 443 g/mol. The third kappa shape index (κ3) is 2.83. The number of amides is 3. The number of H-pyrrole nitrogens is 1. The van der Waals surface area contributed by atoms with E-state index in [1.807, 2.05) is 0 Å². The van der Waals surface area contributed by atoms with Gasteiger partial charge >= 0.3 is 0 Å². The number of rotatable bonds is 0. The molecule has 4 N–H and O–H groups in total. The molecule has 2 aliphatic rings. The van der Waals surface area contributed by atoms with E-state index in [4.69, 9.17) is 0 Å². The highest BCUT2D eigenvalue weighted by molar-refractivity contribution is 9.13. The summed E-state index contributed by atoms with van der Waals surface area (Å²) in [4.78, 5) is 42.1. The highest BCUT2D eigenvalue weighted by Gasteiger charge is 2.31. The van der Waals surface area contributed by atoms with Crippen molar-refractivity contribution in [2.75, 3.05) is 6.54 Å². The van der Waals surface area contributed by atoms with Crippen LogP contribution in [0.1, 0.15) is 29.4 Å². The van der Waals surface area contributed by atoms with Crippen LogP contribution in [0.2, 0.25) is 0 Å². The number of aromatic amines is 1. The van der Waals surface area contributed by atoms with Gasteiger partial charge in [0.15, 0.2) is 0 Å². The average molecular weight is 445 g/mol. The van der Waals surface area contributed by atoms with E-state index in [0.29, 0.717) is 38.9 Å². The maximum Gasteiger partial charge on any atom is 0.297 e. The first-order valence-corrected chi connectivity index (χ1v) is 8.23. The van der Waals surface area contributed by atoms with Crippen molar-refractivity contribution >= 4 is 61.1 Å². The Kier molecular flexibility index (Phi) is 4.11. The predicted molar refractivity (Wildman–Crippen MR) is 89.5 cm³/mol. The molecule has 0 bridgehead atoms. The van der Waals surface area contributed by atoms with Gasteiger partial charge in [0.2, 0.25) is 11.9 Å². The molecule has 3 heterocycles. The molecular weight excluding hydrogens is 434 g/mol. The van der Waals surface area contributed by atoms with Gasteiger partial charge in [0, 0.05) is 19.0 Å². The van der Waals surface area contributed by atoms with E-state index in [9.17, 15) is 14.4 Å². The zero-order valence-corrected chi connectivity index (χ0v) is 15.0. The van der Waals surface area contributed by atoms with Crippen LogP contribution in [0.15, 0.2) is 19.8 Å². The van der Waals surface area contributed by atoms with E-state index in [1.165, 1.54) is 6.92 Å². The lowest BCUT2D eigenvalue weighted by atomic mass is 10.0. The van der Waals surface area contributed by atoms with Crippen molar-refractivity contribution in [1.29, 1.82) is 0 Å². The molecule has 1 aromatic heterocycles. The lowest BCUT2D eigenvalue weighted by Gasteiger charge is -2.09. The summed E-state index contributed by atoms with van der Waals surface area (Å²) in [5.74, 6) is -0.996. The first kappa shape index (κ1) is 15.9. The molecule has 0 saturated carbocycles. The van der Waals surface area contributed by atoms with Crippen molar-refractivity contribution in [2.24, 2.45) is 4.99 Å².